The fourth-order valence-corrected chi connectivity index (χ4v) is 4.22. The molecule has 0 aliphatic carbocycles. The van der Waals surface area contributed by atoms with Crippen molar-refractivity contribution < 1.29 is 52.4 Å². The van der Waals surface area contributed by atoms with Gasteiger partial charge in [0.25, 0.3) is 0 Å². The van der Waals surface area contributed by atoms with Crippen molar-refractivity contribution in [3.05, 3.63) is 58.1 Å². The monoisotopic (exact) mass is 653 g/mol. The standard InChI is InChI=1S/C29H37F2N5O10/c1-28(2,3)46-27(43)35-20-12-14-36(25(41)34-20)24-29(30,31)22(38)19(45-24)16-44-26(42)32-13-6-4-5-7-21(37)33-15-17-8-10-18(11-9-17)23(39)40/h8-12,14,19,22,24,38H,4-7,13,15-16H2,1-3H3,(H,32,42)(H,33,37)(H,39,40)(H,34,35,41,43)/t19-,22+,24-/m1/s1. The molecule has 3 amide bonds. The molecule has 1 saturated heterocycles. The maximum atomic E-state index is 14.8. The van der Waals surface area contributed by atoms with Crippen LogP contribution in [0.1, 0.15) is 68.6 Å². The summed E-state index contributed by atoms with van der Waals surface area (Å²) in [5, 5.41) is 26.4. The Labute approximate surface area is 262 Å². The number of carbonyl (C=O) groups excluding carboxylic acids is 3. The number of halogens is 2. The Morgan fingerprint density at radius 3 is 2.37 bits per heavy atom. The molecule has 0 saturated carbocycles. The molecule has 1 aliphatic rings. The Hall–Kier alpha value is -4.64. The lowest BCUT2D eigenvalue weighted by molar-refractivity contribution is -0.140. The molecule has 2 heterocycles. The highest BCUT2D eigenvalue weighted by Crippen LogP contribution is 2.42. The number of carboxylic acids is 1. The average Bonchev–Trinajstić information content (AvgIpc) is 3.19. The highest BCUT2D eigenvalue weighted by atomic mass is 19.3. The molecule has 17 heteroatoms. The molecule has 1 aromatic heterocycles. The third kappa shape index (κ3) is 10.5. The molecular weight excluding hydrogens is 616 g/mol. The first-order valence-electron chi connectivity index (χ1n) is 14.4. The molecule has 3 rings (SSSR count). The normalized spacial score (nSPS) is 18.8. The second kappa shape index (κ2) is 15.6. The van der Waals surface area contributed by atoms with Crippen molar-refractivity contribution in [2.45, 2.75) is 83.0 Å². The van der Waals surface area contributed by atoms with E-state index in [4.69, 9.17) is 19.3 Å². The molecule has 252 valence electrons. The zero-order valence-electron chi connectivity index (χ0n) is 25.5. The second-order valence-corrected chi connectivity index (χ2v) is 11.4. The first-order valence-corrected chi connectivity index (χ1v) is 14.4. The molecule has 0 spiro atoms. The van der Waals surface area contributed by atoms with E-state index in [1.807, 2.05) is 0 Å². The number of aromatic nitrogens is 2. The van der Waals surface area contributed by atoms with Crippen LogP contribution in [0.2, 0.25) is 0 Å². The fraction of sp³-hybridized carbons (Fsp3) is 0.517. The minimum Gasteiger partial charge on any atom is -0.478 e. The molecule has 2 aromatic rings. The second-order valence-electron chi connectivity index (χ2n) is 11.4. The van der Waals surface area contributed by atoms with Crippen LogP contribution < -0.4 is 21.6 Å². The number of aliphatic hydroxyl groups is 1. The van der Waals surface area contributed by atoms with Crippen molar-refractivity contribution in [2.24, 2.45) is 0 Å². The van der Waals surface area contributed by atoms with Crippen molar-refractivity contribution in [1.82, 2.24) is 20.2 Å². The zero-order chi connectivity index (χ0) is 34.1. The van der Waals surface area contributed by atoms with Crippen molar-refractivity contribution in [2.75, 3.05) is 18.5 Å². The first kappa shape index (κ1) is 35.8. The largest absolute Gasteiger partial charge is 0.478 e. The molecule has 15 nitrogen and oxygen atoms in total. The number of aliphatic hydroxyl groups excluding tert-OH is 1. The van der Waals surface area contributed by atoms with Gasteiger partial charge < -0.3 is 35.1 Å². The molecule has 3 atom stereocenters. The number of anilines is 1. The van der Waals surface area contributed by atoms with E-state index in [9.17, 15) is 37.9 Å². The Balaban J connectivity index is 1.36. The van der Waals surface area contributed by atoms with Crippen LogP contribution in [0.3, 0.4) is 0 Å². The summed E-state index contributed by atoms with van der Waals surface area (Å²) in [6, 6.07) is 7.21. The summed E-state index contributed by atoms with van der Waals surface area (Å²) in [5.41, 5.74) is -1.12. The number of alkyl carbamates (subject to hydrolysis) is 1. The van der Waals surface area contributed by atoms with E-state index < -0.39 is 60.4 Å². The number of benzene rings is 1. The number of alkyl halides is 2. The van der Waals surface area contributed by atoms with Crippen LogP contribution in [0.25, 0.3) is 0 Å². The summed E-state index contributed by atoms with van der Waals surface area (Å²) < 4.78 is 45.3. The lowest BCUT2D eigenvalue weighted by atomic mass is 10.1. The van der Waals surface area contributed by atoms with Gasteiger partial charge >= 0.3 is 29.8 Å². The summed E-state index contributed by atoms with van der Waals surface area (Å²) in [6.45, 7) is 4.56. The number of hydrogen-bond donors (Lipinski definition) is 5. The van der Waals surface area contributed by atoms with Gasteiger partial charge in [-0.1, -0.05) is 18.6 Å². The summed E-state index contributed by atoms with van der Waals surface area (Å²) in [4.78, 5) is 62.8. The van der Waals surface area contributed by atoms with Gasteiger partial charge in [0.15, 0.2) is 6.10 Å². The molecule has 5 N–H and O–H groups in total. The quantitative estimate of drug-likeness (QED) is 0.199. The van der Waals surface area contributed by atoms with Gasteiger partial charge in [-0.3, -0.25) is 14.7 Å². The topological polar surface area (TPSA) is 207 Å². The maximum Gasteiger partial charge on any atom is 0.413 e. The highest BCUT2D eigenvalue weighted by molar-refractivity contribution is 5.87. The zero-order valence-corrected chi connectivity index (χ0v) is 25.5. The Bertz CT molecular complexity index is 1450. The van der Waals surface area contributed by atoms with E-state index in [-0.39, 0.29) is 36.8 Å². The number of carbonyl (C=O) groups is 4. The number of unbranched alkanes of at least 4 members (excludes halogenated alkanes) is 2. The molecule has 0 bridgehead atoms. The molecule has 1 aromatic carbocycles. The summed E-state index contributed by atoms with van der Waals surface area (Å²) in [5.74, 6) is -5.43. The number of amides is 3. The molecule has 0 unspecified atom stereocenters. The lowest BCUT2D eigenvalue weighted by Gasteiger charge is -2.21. The van der Waals surface area contributed by atoms with Crippen molar-refractivity contribution in [3.8, 4) is 0 Å². The van der Waals surface area contributed by atoms with Crippen molar-refractivity contribution >= 4 is 29.9 Å². The van der Waals surface area contributed by atoms with E-state index in [2.05, 4.69) is 20.9 Å². The highest BCUT2D eigenvalue weighted by Gasteiger charge is 2.60. The lowest BCUT2D eigenvalue weighted by Crippen LogP contribution is -2.42. The SMILES string of the molecule is CC(C)(C)OC(=O)Nc1ccn([C@@H]2O[C@H](COC(=O)NCCCCCC(=O)NCc3ccc(C(=O)O)cc3)[C@H](O)C2(F)F)c(=O)n1. The average molecular weight is 654 g/mol. The van der Waals surface area contributed by atoms with Gasteiger partial charge in [-0.15, -0.1) is 0 Å². The first-order chi connectivity index (χ1) is 21.6. The van der Waals surface area contributed by atoms with Crippen molar-refractivity contribution in [1.29, 1.82) is 0 Å². The third-order valence-corrected chi connectivity index (χ3v) is 6.51. The summed E-state index contributed by atoms with van der Waals surface area (Å²) in [6.07, 6.45) is -5.41. The van der Waals surface area contributed by atoms with Gasteiger partial charge in [0.2, 0.25) is 12.1 Å². The van der Waals surface area contributed by atoms with E-state index in [0.717, 1.165) is 17.8 Å². The van der Waals surface area contributed by atoms with Gasteiger partial charge in [-0.05, 0) is 57.4 Å². The van der Waals surface area contributed by atoms with Gasteiger partial charge in [-0.25, -0.2) is 19.2 Å². The van der Waals surface area contributed by atoms with Crippen molar-refractivity contribution in [3.63, 3.8) is 0 Å². The predicted molar refractivity (Wildman–Crippen MR) is 156 cm³/mol. The van der Waals surface area contributed by atoms with Crippen LogP contribution >= 0.6 is 0 Å². The molecule has 1 aliphatic heterocycles. The molecule has 0 radical (unpaired) electrons. The van der Waals surface area contributed by atoms with E-state index >= 15 is 0 Å². The number of nitrogens with one attached hydrogen (secondary N) is 3. The van der Waals surface area contributed by atoms with Crippen LogP contribution in [0.15, 0.2) is 41.3 Å². The van der Waals surface area contributed by atoms with Crippen LogP contribution in [-0.4, -0.2) is 80.7 Å². The molecule has 46 heavy (non-hydrogen) atoms. The number of rotatable bonds is 13. The molecule has 1 fully saturated rings. The van der Waals surface area contributed by atoms with Crippen LogP contribution in [0.5, 0.6) is 0 Å². The summed E-state index contributed by atoms with van der Waals surface area (Å²) >= 11 is 0. The van der Waals surface area contributed by atoms with Gasteiger partial charge in [0.05, 0.1) is 5.56 Å². The number of aromatic carboxylic acids is 1. The maximum absolute atomic E-state index is 14.8. The Morgan fingerprint density at radius 2 is 1.74 bits per heavy atom. The Morgan fingerprint density at radius 1 is 1.04 bits per heavy atom. The molecular formula is C29H37F2N5O10. The number of carboxylic acid groups (broad SMARTS) is 1. The Kier molecular flexibility index (Phi) is 12.1. The van der Waals surface area contributed by atoms with Gasteiger partial charge in [0.1, 0.15) is 24.1 Å². The minimum atomic E-state index is -3.95. The minimum absolute atomic E-state index is 0.151. The number of ether oxygens (including phenoxy) is 3. The predicted octanol–water partition coefficient (Wildman–Crippen LogP) is 2.79. The van der Waals surface area contributed by atoms with Crippen LogP contribution in [0, 0.1) is 0 Å². The third-order valence-electron chi connectivity index (χ3n) is 6.51. The van der Waals surface area contributed by atoms with Gasteiger partial charge in [-0.2, -0.15) is 13.8 Å². The van der Waals surface area contributed by atoms with Crippen LogP contribution in [0.4, 0.5) is 24.2 Å². The smallest absolute Gasteiger partial charge is 0.413 e. The number of hydrogen-bond acceptors (Lipinski definition) is 10. The number of nitrogens with zero attached hydrogens (tertiary/aromatic N) is 2. The van der Waals surface area contributed by atoms with E-state index in [0.29, 0.717) is 23.8 Å². The fourth-order valence-electron chi connectivity index (χ4n) is 4.22. The van der Waals surface area contributed by atoms with Gasteiger partial charge in [0, 0.05) is 25.7 Å². The summed E-state index contributed by atoms with van der Waals surface area (Å²) in [7, 11) is 0. The van der Waals surface area contributed by atoms with E-state index in [1.54, 1.807) is 32.9 Å². The van der Waals surface area contributed by atoms with Crippen LogP contribution in [-0.2, 0) is 25.5 Å². The van der Waals surface area contributed by atoms with E-state index in [1.165, 1.54) is 12.1 Å².